The zero-order chi connectivity index (χ0) is 13.9. The van der Waals surface area contributed by atoms with Gasteiger partial charge in [-0.05, 0) is 19.2 Å². The van der Waals surface area contributed by atoms with Gasteiger partial charge in [0.2, 0.25) is 0 Å². The molecule has 0 aromatic carbocycles. The maximum Gasteiger partial charge on any atom is 0.0791 e. The molecule has 0 saturated carbocycles. The Kier molecular flexibility index (Phi) is 8.33. The Hall–Kier alpha value is -1.01. The van der Waals surface area contributed by atoms with Crippen LogP contribution in [0, 0.1) is 0 Å². The van der Waals surface area contributed by atoms with Gasteiger partial charge in [-0.2, -0.15) is 0 Å². The summed E-state index contributed by atoms with van der Waals surface area (Å²) in [4.78, 5) is 6.41. The van der Waals surface area contributed by atoms with E-state index in [1.165, 1.54) is 0 Å². The summed E-state index contributed by atoms with van der Waals surface area (Å²) in [5.74, 6) is 0. The largest absolute Gasteiger partial charge is 0.390 e. The Morgan fingerprint density at radius 2 is 2.32 bits per heavy atom. The molecule has 1 aromatic rings. The average Bonchev–Trinajstić information content (AvgIpc) is 2.42. The van der Waals surface area contributed by atoms with Crippen LogP contribution in [0.1, 0.15) is 5.69 Å². The molecule has 5 heteroatoms. The van der Waals surface area contributed by atoms with Crippen molar-refractivity contribution in [1.82, 2.24) is 15.2 Å². The second kappa shape index (κ2) is 9.86. The summed E-state index contributed by atoms with van der Waals surface area (Å²) in [5, 5.41) is 13.0. The molecule has 0 spiro atoms. The van der Waals surface area contributed by atoms with Crippen molar-refractivity contribution in [3.8, 4) is 0 Å². The van der Waals surface area contributed by atoms with Gasteiger partial charge >= 0.3 is 0 Å². The quantitative estimate of drug-likeness (QED) is 0.591. The molecule has 1 rings (SSSR count). The third kappa shape index (κ3) is 7.89. The van der Waals surface area contributed by atoms with Crippen molar-refractivity contribution in [2.24, 2.45) is 0 Å². The fourth-order valence-corrected chi connectivity index (χ4v) is 1.81. The van der Waals surface area contributed by atoms with Gasteiger partial charge in [0, 0.05) is 51.6 Å². The third-order valence-corrected chi connectivity index (χ3v) is 2.86. The standard InChI is InChI=1S/C14H25N3O2/c1-17(9-6-13-5-3-4-7-16-13)12-14(18)11-15-8-10-19-2/h3-5,7,14-15,18H,6,8-12H2,1-2H3. The van der Waals surface area contributed by atoms with E-state index in [-0.39, 0.29) is 6.10 Å². The minimum Gasteiger partial charge on any atom is -0.390 e. The molecule has 2 N–H and O–H groups in total. The molecule has 1 unspecified atom stereocenters. The van der Waals surface area contributed by atoms with Crippen LogP contribution in [0.5, 0.6) is 0 Å². The van der Waals surface area contributed by atoms with Crippen molar-refractivity contribution >= 4 is 0 Å². The lowest BCUT2D eigenvalue weighted by molar-refractivity contribution is 0.120. The van der Waals surface area contributed by atoms with E-state index in [0.29, 0.717) is 19.7 Å². The topological polar surface area (TPSA) is 57.6 Å². The Labute approximate surface area is 115 Å². The number of ether oxygens (including phenoxy) is 1. The molecule has 0 aliphatic rings. The molecule has 0 aliphatic carbocycles. The lowest BCUT2D eigenvalue weighted by Gasteiger charge is -2.20. The van der Waals surface area contributed by atoms with Crippen LogP contribution in [0.3, 0.4) is 0 Å². The van der Waals surface area contributed by atoms with Crippen LogP contribution in [0.15, 0.2) is 24.4 Å². The molecular weight excluding hydrogens is 242 g/mol. The Balaban J connectivity index is 2.11. The van der Waals surface area contributed by atoms with Gasteiger partial charge in [-0.25, -0.2) is 0 Å². The molecule has 0 aliphatic heterocycles. The van der Waals surface area contributed by atoms with Crippen LogP contribution in [0.2, 0.25) is 0 Å². The smallest absolute Gasteiger partial charge is 0.0791 e. The SMILES string of the molecule is COCCNCC(O)CN(C)CCc1ccccn1. The first-order valence-corrected chi connectivity index (χ1v) is 6.68. The van der Waals surface area contributed by atoms with Crippen LogP contribution in [0.25, 0.3) is 0 Å². The number of nitrogens with one attached hydrogen (secondary N) is 1. The molecule has 19 heavy (non-hydrogen) atoms. The number of likely N-dealkylation sites (N-methyl/N-ethyl adjacent to an activating group) is 1. The minimum absolute atomic E-state index is 0.356. The number of pyridine rings is 1. The number of nitrogens with zero attached hydrogens (tertiary/aromatic N) is 2. The van der Waals surface area contributed by atoms with Gasteiger partial charge in [-0.15, -0.1) is 0 Å². The van der Waals surface area contributed by atoms with Crippen molar-refractivity contribution in [2.45, 2.75) is 12.5 Å². The number of aliphatic hydroxyl groups is 1. The van der Waals surface area contributed by atoms with Crippen molar-refractivity contribution in [3.63, 3.8) is 0 Å². The lowest BCUT2D eigenvalue weighted by Crippen LogP contribution is -2.38. The molecule has 1 atom stereocenters. The van der Waals surface area contributed by atoms with Gasteiger partial charge in [0.1, 0.15) is 0 Å². The zero-order valence-electron chi connectivity index (χ0n) is 11.9. The molecule has 5 nitrogen and oxygen atoms in total. The number of hydrogen-bond donors (Lipinski definition) is 2. The Bertz CT molecular complexity index is 322. The summed E-state index contributed by atoms with van der Waals surface area (Å²) in [6, 6.07) is 5.94. The van der Waals surface area contributed by atoms with Crippen molar-refractivity contribution in [2.75, 3.05) is 46.9 Å². The number of rotatable bonds is 10. The Morgan fingerprint density at radius 1 is 1.47 bits per heavy atom. The van der Waals surface area contributed by atoms with E-state index >= 15 is 0 Å². The first-order chi connectivity index (χ1) is 9.22. The van der Waals surface area contributed by atoms with E-state index in [1.807, 2.05) is 31.4 Å². The fourth-order valence-electron chi connectivity index (χ4n) is 1.81. The first kappa shape index (κ1) is 16.0. The predicted octanol–water partition coefficient (Wildman–Crippen LogP) is 0.153. The summed E-state index contributed by atoms with van der Waals surface area (Å²) < 4.78 is 4.93. The third-order valence-electron chi connectivity index (χ3n) is 2.86. The van der Waals surface area contributed by atoms with Crippen LogP contribution in [-0.4, -0.2) is 68.0 Å². The lowest BCUT2D eigenvalue weighted by atomic mass is 10.2. The van der Waals surface area contributed by atoms with Gasteiger partial charge in [-0.3, -0.25) is 4.98 Å². The monoisotopic (exact) mass is 267 g/mol. The normalized spacial score (nSPS) is 12.8. The average molecular weight is 267 g/mol. The van der Waals surface area contributed by atoms with E-state index in [9.17, 15) is 5.11 Å². The van der Waals surface area contributed by atoms with Gasteiger partial charge in [0.15, 0.2) is 0 Å². The van der Waals surface area contributed by atoms with Gasteiger partial charge in [-0.1, -0.05) is 6.07 Å². The number of aromatic nitrogens is 1. The highest BCUT2D eigenvalue weighted by Gasteiger charge is 2.07. The summed E-state index contributed by atoms with van der Waals surface area (Å²) in [6.07, 6.45) is 2.36. The molecule has 0 fully saturated rings. The van der Waals surface area contributed by atoms with Crippen molar-refractivity contribution in [1.29, 1.82) is 0 Å². The number of methoxy groups -OCH3 is 1. The fraction of sp³-hybridized carbons (Fsp3) is 0.643. The van der Waals surface area contributed by atoms with Crippen molar-refractivity contribution in [3.05, 3.63) is 30.1 Å². The molecule has 0 amide bonds. The minimum atomic E-state index is -0.356. The first-order valence-electron chi connectivity index (χ1n) is 6.68. The van der Waals surface area contributed by atoms with Gasteiger partial charge < -0.3 is 20.1 Å². The van der Waals surface area contributed by atoms with E-state index < -0.39 is 0 Å². The highest BCUT2D eigenvalue weighted by molar-refractivity contribution is 5.03. The maximum absolute atomic E-state index is 9.86. The van der Waals surface area contributed by atoms with Crippen LogP contribution >= 0.6 is 0 Å². The predicted molar refractivity (Wildman–Crippen MR) is 76.2 cm³/mol. The second-order valence-corrected chi connectivity index (χ2v) is 4.68. The van der Waals surface area contributed by atoms with E-state index in [0.717, 1.165) is 25.2 Å². The summed E-state index contributed by atoms with van der Waals surface area (Å²) >= 11 is 0. The Morgan fingerprint density at radius 3 is 3.00 bits per heavy atom. The molecule has 1 aromatic heterocycles. The van der Waals surface area contributed by atoms with Crippen LogP contribution < -0.4 is 5.32 Å². The maximum atomic E-state index is 9.86. The van der Waals surface area contributed by atoms with Gasteiger partial charge in [0.05, 0.1) is 12.7 Å². The number of hydrogen-bond acceptors (Lipinski definition) is 5. The van der Waals surface area contributed by atoms with E-state index in [4.69, 9.17) is 4.74 Å². The van der Waals surface area contributed by atoms with Crippen LogP contribution in [0.4, 0.5) is 0 Å². The highest BCUT2D eigenvalue weighted by Crippen LogP contribution is 1.97. The number of aliphatic hydroxyl groups excluding tert-OH is 1. The highest BCUT2D eigenvalue weighted by atomic mass is 16.5. The summed E-state index contributed by atoms with van der Waals surface area (Å²) in [5.41, 5.74) is 1.09. The summed E-state index contributed by atoms with van der Waals surface area (Å²) in [6.45, 7) is 3.59. The van der Waals surface area contributed by atoms with E-state index in [1.54, 1.807) is 7.11 Å². The zero-order valence-corrected chi connectivity index (χ0v) is 11.9. The molecule has 0 saturated heterocycles. The molecule has 0 radical (unpaired) electrons. The molecule has 0 bridgehead atoms. The molecular formula is C14H25N3O2. The molecule has 1 heterocycles. The van der Waals surface area contributed by atoms with Crippen molar-refractivity contribution < 1.29 is 9.84 Å². The second-order valence-electron chi connectivity index (χ2n) is 4.68. The van der Waals surface area contributed by atoms with Crippen LogP contribution in [-0.2, 0) is 11.2 Å². The summed E-state index contributed by atoms with van der Waals surface area (Å²) in [7, 11) is 3.69. The molecule has 108 valence electrons. The van der Waals surface area contributed by atoms with Gasteiger partial charge in [0.25, 0.3) is 0 Å². The van der Waals surface area contributed by atoms with E-state index in [2.05, 4.69) is 15.2 Å².